The Balaban J connectivity index is 1.50. The minimum Gasteiger partial charge on any atom is -0.497 e. The van der Waals surface area contributed by atoms with E-state index < -0.39 is 15.9 Å². The number of H-pyrrole nitrogens is 1. The maximum absolute atomic E-state index is 13.2. The van der Waals surface area contributed by atoms with Gasteiger partial charge in [0.1, 0.15) is 5.75 Å². The van der Waals surface area contributed by atoms with E-state index >= 15 is 0 Å². The normalized spacial score (nSPS) is 17.4. The molecule has 2 N–H and O–H groups in total. The van der Waals surface area contributed by atoms with Crippen molar-refractivity contribution in [3.8, 4) is 5.75 Å². The van der Waals surface area contributed by atoms with Crippen LogP contribution in [-0.4, -0.2) is 43.8 Å². The average Bonchev–Trinajstić information content (AvgIpc) is 2.79. The number of ether oxygens (including phenoxy) is 1. The second kappa shape index (κ2) is 8.52. The van der Waals surface area contributed by atoms with Crippen LogP contribution in [0.2, 0.25) is 0 Å². The maximum Gasteiger partial charge on any atom is 0.248 e. The van der Waals surface area contributed by atoms with Gasteiger partial charge in [0.25, 0.3) is 0 Å². The smallest absolute Gasteiger partial charge is 0.248 e. The number of hydrogen-bond donors (Lipinski definition) is 2. The molecule has 162 valence electrons. The van der Waals surface area contributed by atoms with E-state index in [1.54, 1.807) is 49.6 Å². The van der Waals surface area contributed by atoms with E-state index in [1.165, 1.54) is 16.4 Å². The quantitative estimate of drug-likeness (QED) is 0.633. The predicted octanol–water partition coefficient (Wildman–Crippen LogP) is 2.58. The molecule has 0 spiro atoms. The fourth-order valence-corrected chi connectivity index (χ4v) is 5.30. The van der Waals surface area contributed by atoms with Crippen molar-refractivity contribution >= 4 is 32.5 Å². The minimum atomic E-state index is -3.77. The first-order valence-corrected chi connectivity index (χ1v) is 11.4. The summed E-state index contributed by atoms with van der Waals surface area (Å²) in [7, 11) is -2.20. The van der Waals surface area contributed by atoms with E-state index in [2.05, 4.69) is 10.3 Å². The molecule has 1 saturated heterocycles. The number of amides is 1. The highest BCUT2D eigenvalue weighted by atomic mass is 32.2. The first-order chi connectivity index (χ1) is 14.9. The summed E-state index contributed by atoms with van der Waals surface area (Å²) in [6.07, 6.45) is 1.22. The van der Waals surface area contributed by atoms with Crippen LogP contribution in [0.4, 0.5) is 5.69 Å². The molecule has 3 aromatic rings. The SMILES string of the molecule is COc1ccc(NC(=O)[C@H]2CCCN(S(=O)(=O)c3ccc4[nH]c(=O)ccc4c3)C2)cc1. The van der Waals surface area contributed by atoms with Gasteiger partial charge >= 0.3 is 0 Å². The van der Waals surface area contributed by atoms with Crippen LogP contribution in [0.5, 0.6) is 5.75 Å². The zero-order valence-corrected chi connectivity index (χ0v) is 17.8. The summed E-state index contributed by atoms with van der Waals surface area (Å²) in [5, 5.41) is 3.49. The van der Waals surface area contributed by atoms with Crippen LogP contribution in [-0.2, 0) is 14.8 Å². The molecule has 1 aliphatic heterocycles. The Morgan fingerprint density at radius 3 is 2.65 bits per heavy atom. The first kappa shape index (κ1) is 21.1. The molecule has 1 amide bonds. The summed E-state index contributed by atoms with van der Waals surface area (Å²) in [5.41, 5.74) is 0.959. The molecule has 31 heavy (non-hydrogen) atoms. The summed E-state index contributed by atoms with van der Waals surface area (Å²) in [6, 6.07) is 14.5. The second-order valence-electron chi connectivity index (χ2n) is 7.49. The number of carbonyl (C=O) groups is 1. The molecule has 1 aliphatic rings. The maximum atomic E-state index is 13.2. The average molecular weight is 442 g/mol. The number of piperidine rings is 1. The third kappa shape index (κ3) is 4.47. The lowest BCUT2D eigenvalue weighted by Crippen LogP contribution is -2.43. The Hall–Kier alpha value is -3.17. The summed E-state index contributed by atoms with van der Waals surface area (Å²) < 4.78 is 32.9. The molecule has 0 aliphatic carbocycles. The first-order valence-electron chi connectivity index (χ1n) is 9.95. The molecular formula is C22H23N3O5S. The number of aromatic nitrogens is 1. The molecular weight excluding hydrogens is 418 g/mol. The van der Waals surface area contributed by atoms with Gasteiger partial charge in [0.15, 0.2) is 0 Å². The number of aromatic amines is 1. The minimum absolute atomic E-state index is 0.119. The molecule has 8 nitrogen and oxygen atoms in total. The van der Waals surface area contributed by atoms with Crippen LogP contribution < -0.4 is 15.6 Å². The molecule has 1 aromatic heterocycles. The van der Waals surface area contributed by atoms with Crippen molar-refractivity contribution in [3.63, 3.8) is 0 Å². The summed E-state index contributed by atoms with van der Waals surface area (Å²) >= 11 is 0. The number of rotatable bonds is 5. The van der Waals surface area contributed by atoms with E-state index in [-0.39, 0.29) is 22.9 Å². The largest absolute Gasteiger partial charge is 0.497 e. The number of hydrogen-bond acceptors (Lipinski definition) is 5. The molecule has 0 saturated carbocycles. The monoisotopic (exact) mass is 441 g/mol. The number of fused-ring (bicyclic) bond motifs is 1. The molecule has 2 aromatic carbocycles. The van der Waals surface area contributed by atoms with Crippen LogP contribution in [0.1, 0.15) is 12.8 Å². The Kier molecular flexibility index (Phi) is 5.79. The Morgan fingerprint density at radius 1 is 1.13 bits per heavy atom. The van der Waals surface area contributed by atoms with Gasteiger partial charge in [-0.1, -0.05) is 0 Å². The van der Waals surface area contributed by atoms with Crippen molar-refractivity contribution in [3.05, 3.63) is 65.0 Å². The van der Waals surface area contributed by atoms with E-state index in [9.17, 15) is 18.0 Å². The van der Waals surface area contributed by atoms with Crippen molar-refractivity contribution in [1.29, 1.82) is 0 Å². The van der Waals surface area contributed by atoms with Gasteiger partial charge in [-0.05, 0) is 66.8 Å². The number of anilines is 1. The second-order valence-corrected chi connectivity index (χ2v) is 9.43. The topological polar surface area (TPSA) is 109 Å². The van der Waals surface area contributed by atoms with Crippen molar-refractivity contribution in [2.45, 2.75) is 17.7 Å². The molecule has 0 bridgehead atoms. The molecule has 0 radical (unpaired) electrons. The number of carbonyl (C=O) groups excluding carboxylic acids is 1. The number of nitrogens with zero attached hydrogens (tertiary/aromatic N) is 1. The molecule has 0 unspecified atom stereocenters. The summed E-state index contributed by atoms with van der Waals surface area (Å²) in [5.74, 6) is 0.0379. The molecule has 4 rings (SSSR count). The van der Waals surface area contributed by atoms with E-state index in [1.807, 2.05) is 0 Å². The summed E-state index contributed by atoms with van der Waals surface area (Å²) in [4.78, 5) is 27.0. The van der Waals surface area contributed by atoms with Crippen molar-refractivity contribution in [2.75, 3.05) is 25.5 Å². The number of pyridine rings is 1. The fraction of sp³-hybridized carbons (Fsp3) is 0.273. The Morgan fingerprint density at radius 2 is 1.90 bits per heavy atom. The molecule has 2 heterocycles. The van der Waals surface area contributed by atoms with E-state index in [4.69, 9.17) is 4.74 Å². The van der Waals surface area contributed by atoms with Crippen LogP contribution in [0, 0.1) is 5.92 Å². The fourth-order valence-electron chi connectivity index (χ4n) is 3.74. The Labute approximate surface area is 179 Å². The predicted molar refractivity (Wildman–Crippen MR) is 118 cm³/mol. The van der Waals surface area contributed by atoms with Gasteiger partial charge in [-0.15, -0.1) is 0 Å². The van der Waals surface area contributed by atoms with Crippen LogP contribution >= 0.6 is 0 Å². The van der Waals surface area contributed by atoms with E-state index in [0.717, 1.165) is 0 Å². The van der Waals surface area contributed by atoms with Gasteiger partial charge in [-0.25, -0.2) is 8.42 Å². The van der Waals surface area contributed by atoms with Gasteiger partial charge in [0.05, 0.1) is 17.9 Å². The lowest BCUT2D eigenvalue weighted by Gasteiger charge is -2.31. The summed E-state index contributed by atoms with van der Waals surface area (Å²) in [6.45, 7) is 0.478. The van der Waals surface area contributed by atoms with Crippen molar-refractivity contribution in [2.24, 2.45) is 5.92 Å². The van der Waals surface area contributed by atoms with Gasteiger partial charge in [-0.2, -0.15) is 4.31 Å². The molecule has 1 atom stereocenters. The zero-order valence-electron chi connectivity index (χ0n) is 17.0. The van der Waals surface area contributed by atoms with Crippen LogP contribution in [0.15, 0.2) is 64.3 Å². The number of sulfonamides is 1. The van der Waals surface area contributed by atoms with Gasteiger partial charge in [-0.3, -0.25) is 9.59 Å². The number of benzene rings is 2. The highest BCUT2D eigenvalue weighted by molar-refractivity contribution is 7.89. The zero-order chi connectivity index (χ0) is 22.0. The molecule has 9 heteroatoms. The number of methoxy groups -OCH3 is 1. The van der Waals surface area contributed by atoms with Gasteiger partial charge < -0.3 is 15.0 Å². The highest BCUT2D eigenvalue weighted by Crippen LogP contribution is 2.26. The van der Waals surface area contributed by atoms with Crippen molar-refractivity contribution < 1.29 is 17.9 Å². The third-order valence-corrected chi connectivity index (χ3v) is 7.31. The van der Waals surface area contributed by atoms with Crippen LogP contribution in [0.25, 0.3) is 10.9 Å². The Bertz CT molecular complexity index is 1270. The van der Waals surface area contributed by atoms with Gasteiger partial charge in [0, 0.05) is 30.4 Å². The third-order valence-electron chi connectivity index (χ3n) is 5.45. The highest BCUT2D eigenvalue weighted by Gasteiger charge is 2.33. The van der Waals surface area contributed by atoms with Crippen molar-refractivity contribution in [1.82, 2.24) is 9.29 Å². The van der Waals surface area contributed by atoms with Crippen LogP contribution in [0.3, 0.4) is 0 Å². The standard InChI is InChI=1S/C22H23N3O5S/c1-30-18-7-5-17(6-8-18)23-22(27)16-3-2-12-25(14-16)31(28,29)19-9-10-20-15(13-19)4-11-21(26)24-20/h4-11,13,16H,2-3,12,14H2,1H3,(H,23,27)(H,24,26)/t16-/m0/s1. The lowest BCUT2D eigenvalue weighted by molar-refractivity contribution is -0.120. The lowest BCUT2D eigenvalue weighted by atomic mass is 9.99. The molecule has 1 fully saturated rings. The van der Waals surface area contributed by atoms with E-state index in [0.29, 0.717) is 41.7 Å². The van der Waals surface area contributed by atoms with Gasteiger partial charge in [0.2, 0.25) is 21.5 Å². The number of nitrogens with one attached hydrogen (secondary N) is 2.